The summed E-state index contributed by atoms with van der Waals surface area (Å²) in [5, 5.41) is 2.50. The highest BCUT2D eigenvalue weighted by Gasteiger charge is 2.28. The van der Waals surface area contributed by atoms with E-state index in [0.29, 0.717) is 19.0 Å². The maximum Gasteiger partial charge on any atom is 0.407 e. The average molecular weight is 369 g/mol. The molecule has 1 aromatic heterocycles. The fraction of sp³-hybridized carbons (Fsp3) is 0.350. The van der Waals surface area contributed by atoms with E-state index >= 15 is 0 Å². The number of rotatable bonds is 6. The summed E-state index contributed by atoms with van der Waals surface area (Å²) in [6, 6.07) is 15.0. The van der Waals surface area contributed by atoms with Gasteiger partial charge in [0, 0.05) is 24.7 Å². The zero-order valence-electron chi connectivity index (χ0n) is 15.3. The SMILES string of the molecule is Cc1cccc(O[C@@H]2CCN(C(=O)CNC(=O)OCc3ccccc3)C2)n1. The summed E-state index contributed by atoms with van der Waals surface area (Å²) in [4.78, 5) is 30.0. The molecule has 7 nitrogen and oxygen atoms in total. The van der Waals surface area contributed by atoms with E-state index in [0.717, 1.165) is 17.7 Å². The lowest BCUT2D eigenvalue weighted by Gasteiger charge is -2.17. The molecule has 2 heterocycles. The van der Waals surface area contributed by atoms with Gasteiger partial charge in [0.2, 0.25) is 11.8 Å². The minimum Gasteiger partial charge on any atom is -0.472 e. The third kappa shape index (κ3) is 5.70. The van der Waals surface area contributed by atoms with Crippen LogP contribution in [0.5, 0.6) is 5.88 Å². The number of pyridine rings is 1. The van der Waals surface area contributed by atoms with E-state index < -0.39 is 6.09 Å². The van der Waals surface area contributed by atoms with Crippen molar-refractivity contribution in [2.24, 2.45) is 0 Å². The number of hydrogen-bond acceptors (Lipinski definition) is 5. The van der Waals surface area contributed by atoms with E-state index in [1.165, 1.54) is 0 Å². The van der Waals surface area contributed by atoms with E-state index in [1.807, 2.05) is 55.5 Å². The molecular weight excluding hydrogens is 346 g/mol. The van der Waals surface area contributed by atoms with Crippen molar-refractivity contribution in [1.29, 1.82) is 0 Å². The van der Waals surface area contributed by atoms with Crippen LogP contribution in [-0.2, 0) is 16.1 Å². The van der Waals surface area contributed by atoms with Gasteiger partial charge in [0.15, 0.2) is 0 Å². The van der Waals surface area contributed by atoms with E-state index in [4.69, 9.17) is 9.47 Å². The fourth-order valence-corrected chi connectivity index (χ4v) is 2.84. The van der Waals surface area contributed by atoms with Crippen molar-refractivity contribution >= 4 is 12.0 Å². The van der Waals surface area contributed by atoms with Gasteiger partial charge >= 0.3 is 6.09 Å². The van der Waals surface area contributed by atoms with Gasteiger partial charge in [-0.1, -0.05) is 36.4 Å². The lowest BCUT2D eigenvalue weighted by atomic mass is 10.2. The molecule has 1 N–H and O–H groups in total. The number of ether oxygens (including phenoxy) is 2. The van der Waals surface area contributed by atoms with E-state index in [2.05, 4.69) is 10.3 Å². The largest absolute Gasteiger partial charge is 0.472 e. The predicted molar refractivity (Wildman–Crippen MR) is 99.2 cm³/mol. The first-order valence-corrected chi connectivity index (χ1v) is 8.93. The summed E-state index contributed by atoms with van der Waals surface area (Å²) in [5.41, 5.74) is 1.78. The van der Waals surface area contributed by atoms with Gasteiger partial charge < -0.3 is 19.7 Å². The minimum atomic E-state index is -0.608. The molecule has 2 amide bonds. The Morgan fingerprint density at radius 3 is 2.78 bits per heavy atom. The lowest BCUT2D eigenvalue weighted by molar-refractivity contribution is -0.129. The number of nitrogens with zero attached hydrogens (tertiary/aromatic N) is 2. The number of amides is 2. The monoisotopic (exact) mass is 369 g/mol. The van der Waals surface area contributed by atoms with Crippen LogP contribution in [0.2, 0.25) is 0 Å². The number of nitrogens with one attached hydrogen (secondary N) is 1. The molecule has 142 valence electrons. The molecule has 1 aliphatic rings. The molecule has 0 unspecified atom stereocenters. The second-order valence-electron chi connectivity index (χ2n) is 6.40. The zero-order chi connectivity index (χ0) is 19.1. The number of carbonyl (C=O) groups is 2. The van der Waals surface area contributed by atoms with Crippen LogP contribution in [0.3, 0.4) is 0 Å². The normalized spacial score (nSPS) is 16.0. The third-order valence-electron chi connectivity index (χ3n) is 4.24. The Morgan fingerprint density at radius 2 is 2.00 bits per heavy atom. The molecule has 2 aromatic rings. The Kier molecular flexibility index (Phi) is 6.25. The Hall–Kier alpha value is -3.09. The van der Waals surface area contributed by atoms with Gasteiger partial charge in [0.1, 0.15) is 19.3 Å². The van der Waals surface area contributed by atoms with Crippen LogP contribution in [0, 0.1) is 6.92 Å². The molecule has 27 heavy (non-hydrogen) atoms. The molecule has 1 saturated heterocycles. The molecule has 0 radical (unpaired) electrons. The maximum atomic E-state index is 12.3. The molecule has 1 aromatic carbocycles. The first-order valence-electron chi connectivity index (χ1n) is 8.93. The van der Waals surface area contributed by atoms with Gasteiger partial charge in [-0.05, 0) is 18.6 Å². The molecule has 3 rings (SSSR count). The molecule has 0 saturated carbocycles. The highest BCUT2D eigenvalue weighted by atomic mass is 16.5. The van der Waals surface area contributed by atoms with Crippen molar-refractivity contribution in [3.63, 3.8) is 0 Å². The van der Waals surface area contributed by atoms with Crippen molar-refractivity contribution in [2.45, 2.75) is 26.1 Å². The average Bonchev–Trinajstić information content (AvgIpc) is 3.14. The molecule has 7 heteroatoms. The van der Waals surface area contributed by atoms with Crippen LogP contribution in [0.1, 0.15) is 17.7 Å². The Balaban J connectivity index is 1.38. The molecule has 0 bridgehead atoms. The van der Waals surface area contributed by atoms with E-state index in [1.54, 1.807) is 4.90 Å². The molecule has 0 aliphatic carbocycles. The Bertz CT molecular complexity index is 782. The second-order valence-corrected chi connectivity index (χ2v) is 6.40. The zero-order valence-corrected chi connectivity index (χ0v) is 15.3. The van der Waals surface area contributed by atoms with Gasteiger partial charge in [-0.15, -0.1) is 0 Å². The van der Waals surface area contributed by atoms with Gasteiger partial charge in [-0.25, -0.2) is 9.78 Å². The van der Waals surface area contributed by atoms with Crippen LogP contribution in [0.4, 0.5) is 4.79 Å². The molecule has 1 aliphatic heterocycles. The Labute approximate surface area is 158 Å². The number of aromatic nitrogens is 1. The summed E-state index contributed by atoms with van der Waals surface area (Å²) < 4.78 is 10.9. The van der Waals surface area contributed by atoms with Crippen molar-refractivity contribution < 1.29 is 19.1 Å². The van der Waals surface area contributed by atoms with Crippen molar-refractivity contribution in [2.75, 3.05) is 19.6 Å². The Morgan fingerprint density at radius 1 is 1.19 bits per heavy atom. The van der Waals surface area contributed by atoms with Gasteiger partial charge in [0.25, 0.3) is 0 Å². The number of aryl methyl sites for hydroxylation is 1. The van der Waals surface area contributed by atoms with Crippen LogP contribution in [-0.4, -0.2) is 47.6 Å². The van der Waals surface area contributed by atoms with Gasteiger partial charge in [0.05, 0.1) is 6.54 Å². The third-order valence-corrected chi connectivity index (χ3v) is 4.24. The highest BCUT2D eigenvalue weighted by Crippen LogP contribution is 2.16. The topological polar surface area (TPSA) is 80.8 Å². The predicted octanol–water partition coefficient (Wildman–Crippen LogP) is 2.30. The summed E-state index contributed by atoms with van der Waals surface area (Å²) >= 11 is 0. The van der Waals surface area contributed by atoms with E-state index in [9.17, 15) is 9.59 Å². The quantitative estimate of drug-likeness (QED) is 0.845. The van der Waals surface area contributed by atoms with E-state index in [-0.39, 0.29) is 25.2 Å². The maximum absolute atomic E-state index is 12.3. The standard InChI is InChI=1S/C20H23N3O4/c1-15-6-5-9-18(22-15)27-17-10-11-23(13-17)19(24)12-21-20(25)26-14-16-7-3-2-4-8-16/h2-9,17H,10-14H2,1H3,(H,21,25)/t17-/m1/s1. The second kappa shape index (κ2) is 9.02. The smallest absolute Gasteiger partial charge is 0.407 e. The number of carbonyl (C=O) groups excluding carboxylic acids is 2. The summed E-state index contributed by atoms with van der Waals surface area (Å²) in [6.07, 6.45) is 0.0382. The lowest BCUT2D eigenvalue weighted by Crippen LogP contribution is -2.40. The van der Waals surface area contributed by atoms with Crippen molar-refractivity contribution in [1.82, 2.24) is 15.2 Å². The number of alkyl carbamates (subject to hydrolysis) is 1. The van der Waals surface area contributed by atoms with Crippen LogP contribution in [0.25, 0.3) is 0 Å². The highest BCUT2D eigenvalue weighted by molar-refractivity contribution is 5.82. The first kappa shape index (κ1) is 18.7. The van der Waals surface area contributed by atoms with Crippen LogP contribution < -0.4 is 10.1 Å². The first-order chi connectivity index (χ1) is 13.1. The number of likely N-dealkylation sites (tertiary alicyclic amines) is 1. The van der Waals surface area contributed by atoms with Crippen LogP contribution >= 0.6 is 0 Å². The van der Waals surface area contributed by atoms with Gasteiger partial charge in [-0.2, -0.15) is 0 Å². The molecule has 1 atom stereocenters. The fourth-order valence-electron chi connectivity index (χ4n) is 2.84. The van der Waals surface area contributed by atoms with Crippen molar-refractivity contribution in [3.8, 4) is 5.88 Å². The molecular formula is C20H23N3O4. The number of hydrogen-bond donors (Lipinski definition) is 1. The number of benzene rings is 1. The summed E-state index contributed by atoms with van der Waals surface area (Å²) in [6.45, 7) is 3.05. The summed E-state index contributed by atoms with van der Waals surface area (Å²) in [5.74, 6) is 0.409. The molecule has 1 fully saturated rings. The van der Waals surface area contributed by atoms with Crippen molar-refractivity contribution in [3.05, 3.63) is 59.8 Å². The van der Waals surface area contributed by atoms with Gasteiger partial charge in [-0.3, -0.25) is 4.79 Å². The molecule has 0 spiro atoms. The summed E-state index contributed by atoms with van der Waals surface area (Å²) in [7, 11) is 0. The minimum absolute atomic E-state index is 0.0896. The van der Waals surface area contributed by atoms with Crippen LogP contribution in [0.15, 0.2) is 48.5 Å².